The molecule has 9 heteroatoms. The summed E-state index contributed by atoms with van der Waals surface area (Å²) in [6, 6.07) is 13.1. The molecule has 178 valence electrons. The Morgan fingerprint density at radius 2 is 1.71 bits per heavy atom. The maximum Gasteiger partial charge on any atom is 0.331 e. The van der Waals surface area contributed by atoms with E-state index in [2.05, 4.69) is 5.32 Å². The van der Waals surface area contributed by atoms with Crippen LogP contribution in [0.15, 0.2) is 60.3 Å². The molecule has 2 heterocycles. The molecule has 5 rings (SSSR count). The number of hydrogen-bond donors (Lipinski definition) is 1. The van der Waals surface area contributed by atoms with Crippen LogP contribution in [-0.2, 0) is 16.1 Å². The zero-order valence-corrected chi connectivity index (χ0v) is 19.0. The van der Waals surface area contributed by atoms with E-state index in [0.717, 1.165) is 48.6 Å². The molecule has 9 nitrogen and oxygen atoms in total. The van der Waals surface area contributed by atoms with Gasteiger partial charge in [0, 0.05) is 47.4 Å². The lowest BCUT2D eigenvalue weighted by Crippen LogP contribution is -2.58. The summed E-state index contributed by atoms with van der Waals surface area (Å²) in [5, 5.41) is 14.1. The van der Waals surface area contributed by atoms with E-state index in [1.165, 1.54) is 17.0 Å². The van der Waals surface area contributed by atoms with Crippen molar-refractivity contribution in [3.8, 4) is 0 Å². The number of para-hydroxylation sites is 1. The number of barbiturate groups is 1. The number of hydrogen-bond acceptors (Lipinski definition) is 5. The first-order valence-corrected chi connectivity index (χ1v) is 11.6. The topological polar surface area (TPSA) is 115 Å². The summed E-state index contributed by atoms with van der Waals surface area (Å²) in [6.45, 7) is 0.453. The van der Waals surface area contributed by atoms with E-state index in [-0.39, 0.29) is 17.3 Å². The molecule has 3 aromatic rings. The number of non-ortho nitro benzene ring substituents is 1. The first-order valence-electron chi connectivity index (χ1n) is 11.6. The average molecular weight is 473 g/mol. The number of carbonyl (C=O) groups excluding carboxylic acids is 3. The van der Waals surface area contributed by atoms with Crippen LogP contribution in [0.25, 0.3) is 17.0 Å². The zero-order valence-electron chi connectivity index (χ0n) is 19.0. The van der Waals surface area contributed by atoms with Gasteiger partial charge in [-0.25, -0.2) is 4.79 Å². The number of fused-ring (bicyclic) bond motifs is 1. The van der Waals surface area contributed by atoms with Crippen molar-refractivity contribution in [2.75, 3.05) is 0 Å². The van der Waals surface area contributed by atoms with Gasteiger partial charge in [-0.1, -0.05) is 49.6 Å². The highest BCUT2D eigenvalue weighted by Crippen LogP contribution is 2.29. The first kappa shape index (κ1) is 22.5. The smallest absolute Gasteiger partial charge is 0.331 e. The Balaban J connectivity index is 1.50. The molecule has 1 aliphatic carbocycles. The van der Waals surface area contributed by atoms with E-state index in [4.69, 9.17) is 0 Å². The fourth-order valence-electron chi connectivity index (χ4n) is 4.94. The quantitative estimate of drug-likeness (QED) is 0.256. The minimum atomic E-state index is -0.695. The molecule has 2 fully saturated rings. The summed E-state index contributed by atoms with van der Waals surface area (Å²) in [6.07, 6.45) is 7.87. The van der Waals surface area contributed by atoms with Crippen LogP contribution >= 0.6 is 0 Å². The lowest BCUT2D eigenvalue weighted by atomic mass is 9.93. The van der Waals surface area contributed by atoms with E-state index < -0.39 is 22.8 Å². The van der Waals surface area contributed by atoms with E-state index >= 15 is 0 Å². The SMILES string of the molecule is O=C1NC(=O)N(C2CCCCC2)C(=O)/C1=C/c1cn(Cc2ccc([N+](=O)[O-])cc2)c2ccccc12. The molecule has 2 aliphatic rings. The van der Waals surface area contributed by atoms with Crippen molar-refractivity contribution in [3.05, 3.63) is 81.5 Å². The molecule has 1 aliphatic heterocycles. The Morgan fingerprint density at radius 3 is 2.43 bits per heavy atom. The Labute approximate surface area is 201 Å². The van der Waals surface area contributed by atoms with Crippen LogP contribution in [0.3, 0.4) is 0 Å². The molecule has 0 bridgehead atoms. The largest absolute Gasteiger partial charge is 0.342 e. The number of urea groups is 1. The van der Waals surface area contributed by atoms with Gasteiger partial charge in [-0.2, -0.15) is 0 Å². The van der Waals surface area contributed by atoms with Crippen LogP contribution in [0, 0.1) is 10.1 Å². The number of carbonyl (C=O) groups is 3. The minimum Gasteiger partial charge on any atom is -0.342 e. The summed E-state index contributed by atoms with van der Waals surface area (Å²) >= 11 is 0. The Kier molecular flexibility index (Phi) is 5.90. The van der Waals surface area contributed by atoms with Gasteiger partial charge in [0.25, 0.3) is 17.5 Å². The predicted octanol–water partition coefficient (Wildman–Crippen LogP) is 4.39. The summed E-state index contributed by atoms with van der Waals surface area (Å²) in [5.41, 5.74) is 2.40. The molecule has 0 radical (unpaired) electrons. The number of amides is 4. The maximum atomic E-state index is 13.3. The monoisotopic (exact) mass is 472 g/mol. The molecular weight excluding hydrogens is 448 g/mol. The number of imide groups is 2. The van der Waals surface area contributed by atoms with Gasteiger partial charge in [0.05, 0.1) is 4.92 Å². The van der Waals surface area contributed by atoms with Crippen molar-refractivity contribution < 1.29 is 19.3 Å². The normalized spacial score (nSPS) is 18.3. The second-order valence-electron chi connectivity index (χ2n) is 8.94. The molecule has 1 N–H and O–H groups in total. The lowest BCUT2D eigenvalue weighted by molar-refractivity contribution is -0.384. The van der Waals surface area contributed by atoms with Gasteiger partial charge in [-0.3, -0.25) is 29.9 Å². The third kappa shape index (κ3) is 4.32. The minimum absolute atomic E-state index is 0.0235. The van der Waals surface area contributed by atoms with Crippen molar-refractivity contribution in [3.63, 3.8) is 0 Å². The Bertz CT molecular complexity index is 1370. The molecule has 0 atom stereocenters. The van der Waals surface area contributed by atoms with E-state index in [9.17, 15) is 24.5 Å². The summed E-state index contributed by atoms with van der Waals surface area (Å²) in [4.78, 5) is 50.2. The molecule has 1 saturated carbocycles. The first-order chi connectivity index (χ1) is 16.9. The second kappa shape index (κ2) is 9.17. The van der Waals surface area contributed by atoms with E-state index in [1.807, 2.05) is 35.0 Å². The fourth-order valence-corrected chi connectivity index (χ4v) is 4.94. The summed E-state index contributed by atoms with van der Waals surface area (Å²) < 4.78 is 1.97. The van der Waals surface area contributed by atoms with Gasteiger partial charge in [0.1, 0.15) is 5.57 Å². The van der Waals surface area contributed by atoms with Crippen molar-refractivity contribution >= 4 is 40.5 Å². The molecule has 1 aromatic heterocycles. The van der Waals surface area contributed by atoms with Crippen LogP contribution in [-0.4, -0.2) is 38.3 Å². The standard InChI is InChI=1S/C26H24N4O5/c31-24-22(25(32)29(26(33)27-24)19-6-2-1-3-7-19)14-18-16-28(23-9-5-4-8-21(18)23)15-17-10-12-20(13-11-17)30(34)35/h4-5,8-14,16,19H,1-3,6-7,15H2,(H,27,31,33)/b22-14+. The highest BCUT2D eigenvalue weighted by molar-refractivity contribution is 6.31. The van der Waals surface area contributed by atoms with Crippen LogP contribution in [0.2, 0.25) is 0 Å². The lowest BCUT2D eigenvalue weighted by Gasteiger charge is -2.35. The van der Waals surface area contributed by atoms with Crippen LogP contribution in [0.5, 0.6) is 0 Å². The molecule has 4 amide bonds. The summed E-state index contributed by atoms with van der Waals surface area (Å²) in [5.74, 6) is -1.25. The number of benzene rings is 2. The highest BCUT2D eigenvalue weighted by atomic mass is 16.6. The van der Waals surface area contributed by atoms with Gasteiger partial charge >= 0.3 is 6.03 Å². The van der Waals surface area contributed by atoms with E-state index in [1.54, 1.807) is 18.2 Å². The Morgan fingerprint density at radius 1 is 1.00 bits per heavy atom. The number of nitrogens with zero attached hydrogens (tertiary/aromatic N) is 3. The van der Waals surface area contributed by atoms with Crippen molar-refractivity contribution in [2.45, 2.75) is 44.7 Å². The van der Waals surface area contributed by atoms with Crippen LogP contribution < -0.4 is 5.32 Å². The second-order valence-corrected chi connectivity index (χ2v) is 8.94. The van der Waals surface area contributed by atoms with Gasteiger partial charge in [-0.15, -0.1) is 0 Å². The number of nitro benzene ring substituents is 1. The molecule has 1 saturated heterocycles. The van der Waals surface area contributed by atoms with Crippen LogP contribution in [0.1, 0.15) is 43.2 Å². The number of aromatic nitrogens is 1. The number of nitrogens with one attached hydrogen (secondary N) is 1. The van der Waals surface area contributed by atoms with Gasteiger partial charge < -0.3 is 4.57 Å². The fraction of sp³-hybridized carbons (Fsp3) is 0.269. The average Bonchev–Trinajstić information content (AvgIpc) is 3.20. The molecule has 0 spiro atoms. The predicted molar refractivity (Wildman–Crippen MR) is 129 cm³/mol. The third-order valence-corrected chi connectivity index (χ3v) is 6.69. The molecule has 2 aromatic carbocycles. The Hall–Kier alpha value is -4.27. The van der Waals surface area contributed by atoms with Crippen molar-refractivity contribution in [1.82, 2.24) is 14.8 Å². The molecular formula is C26H24N4O5. The maximum absolute atomic E-state index is 13.3. The van der Waals surface area contributed by atoms with Gasteiger partial charge in [0.2, 0.25) is 0 Å². The van der Waals surface area contributed by atoms with Crippen LogP contribution in [0.4, 0.5) is 10.5 Å². The van der Waals surface area contributed by atoms with Crippen molar-refractivity contribution in [2.24, 2.45) is 0 Å². The summed E-state index contributed by atoms with van der Waals surface area (Å²) in [7, 11) is 0. The zero-order chi connectivity index (χ0) is 24.5. The van der Waals surface area contributed by atoms with Gasteiger partial charge in [-0.05, 0) is 30.5 Å². The highest BCUT2D eigenvalue weighted by Gasteiger charge is 2.40. The molecule has 0 unspecified atom stereocenters. The number of rotatable bonds is 5. The van der Waals surface area contributed by atoms with E-state index in [0.29, 0.717) is 12.1 Å². The van der Waals surface area contributed by atoms with Crippen molar-refractivity contribution in [1.29, 1.82) is 0 Å². The third-order valence-electron chi connectivity index (χ3n) is 6.69. The number of nitro groups is 1. The molecule has 35 heavy (non-hydrogen) atoms. The van der Waals surface area contributed by atoms with Gasteiger partial charge in [0.15, 0.2) is 0 Å².